The Kier molecular flexibility index (Phi) is 4.89. The number of nitrogens with one attached hydrogen (secondary N) is 1. The van der Waals surface area contributed by atoms with E-state index >= 15 is 0 Å². The first-order valence-corrected chi connectivity index (χ1v) is 10.2. The Balaban J connectivity index is 1.84. The Labute approximate surface area is 167 Å². The zero-order valence-electron chi connectivity index (χ0n) is 14.6. The molecule has 0 aliphatic heterocycles. The number of nitriles is 1. The van der Waals surface area contributed by atoms with Crippen LogP contribution in [0.15, 0.2) is 21.4 Å². The van der Waals surface area contributed by atoms with Crippen molar-refractivity contribution in [3.8, 4) is 29.0 Å². The molecule has 2 aromatic heterocycles. The summed E-state index contributed by atoms with van der Waals surface area (Å²) < 4.78 is 11.4. The molecule has 0 bridgehead atoms. The second-order valence-electron chi connectivity index (χ2n) is 6.24. The fraction of sp³-hybridized carbons (Fsp3) is 0.316. The first kappa shape index (κ1) is 18.0. The molecule has 1 N–H and O–H groups in total. The molecule has 8 heteroatoms. The Morgan fingerprint density at radius 1 is 1.37 bits per heavy atom. The van der Waals surface area contributed by atoms with Gasteiger partial charge in [-0.05, 0) is 59.3 Å². The standard InChI is InChI=1S/C19H16BrN3O3S/c1-25-13-9-10(8-12(20)16(13)26-7-6-21)17-22-18(24)15-11-4-2-3-5-14(11)27-19(15)23-17/h8-9H,2-5,7H2,1H3,(H,22,23,24). The van der Waals surface area contributed by atoms with Crippen LogP contribution in [0.3, 0.4) is 0 Å². The highest BCUT2D eigenvalue weighted by atomic mass is 79.9. The van der Waals surface area contributed by atoms with E-state index in [1.54, 1.807) is 23.5 Å². The number of nitrogens with zero attached hydrogens (tertiary/aromatic N) is 2. The van der Waals surface area contributed by atoms with E-state index in [1.807, 2.05) is 6.07 Å². The number of fused-ring (bicyclic) bond motifs is 3. The number of H-pyrrole nitrogens is 1. The summed E-state index contributed by atoms with van der Waals surface area (Å²) in [6.45, 7) is -0.0872. The van der Waals surface area contributed by atoms with Gasteiger partial charge < -0.3 is 14.5 Å². The highest BCUT2D eigenvalue weighted by Crippen LogP contribution is 2.40. The van der Waals surface area contributed by atoms with Crippen LogP contribution in [0.4, 0.5) is 0 Å². The van der Waals surface area contributed by atoms with Crippen molar-refractivity contribution in [3.05, 3.63) is 37.4 Å². The number of methoxy groups -OCH3 is 1. The van der Waals surface area contributed by atoms with E-state index in [9.17, 15) is 4.79 Å². The van der Waals surface area contributed by atoms with Gasteiger partial charge in [-0.1, -0.05) is 0 Å². The second-order valence-corrected chi connectivity index (χ2v) is 8.18. The molecule has 6 nitrogen and oxygen atoms in total. The highest BCUT2D eigenvalue weighted by Gasteiger charge is 2.21. The molecule has 0 saturated heterocycles. The van der Waals surface area contributed by atoms with Crippen LogP contribution in [0.5, 0.6) is 11.5 Å². The van der Waals surface area contributed by atoms with Crippen LogP contribution in [0.2, 0.25) is 0 Å². The second kappa shape index (κ2) is 7.33. The van der Waals surface area contributed by atoms with Gasteiger partial charge in [0.05, 0.1) is 17.0 Å². The first-order valence-electron chi connectivity index (χ1n) is 8.54. The number of hydrogen-bond acceptors (Lipinski definition) is 6. The number of aryl methyl sites for hydroxylation is 2. The summed E-state index contributed by atoms with van der Waals surface area (Å²) in [5, 5.41) is 9.47. The van der Waals surface area contributed by atoms with E-state index < -0.39 is 0 Å². The van der Waals surface area contributed by atoms with Crippen molar-refractivity contribution in [1.29, 1.82) is 5.26 Å². The summed E-state index contributed by atoms with van der Waals surface area (Å²) in [5.41, 5.74) is 1.77. The molecule has 0 saturated carbocycles. The number of benzene rings is 1. The van der Waals surface area contributed by atoms with Crippen molar-refractivity contribution in [2.75, 3.05) is 13.7 Å². The van der Waals surface area contributed by atoms with Gasteiger partial charge in [-0.25, -0.2) is 4.98 Å². The van der Waals surface area contributed by atoms with Gasteiger partial charge in [0.2, 0.25) is 0 Å². The highest BCUT2D eigenvalue weighted by molar-refractivity contribution is 9.10. The van der Waals surface area contributed by atoms with Gasteiger partial charge in [0, 0.05) is 10.4 Å². The van der Waals surface area contributed by atoms with Crippen LogP contribution in [0.1, 0.15) is 23.3 Å². The quantitative estimate of drug-likeness (QED) is 0.649. The van der Waals surface area contributed by atoms with E-state index in [1.165, 1.54) is 24.0 Å². The average Bonchev–Trinajstić information content (AvgIpc) is 3.05. The Bertz CT molecular complexity index is 1130. The molecule has 1 aliphatic carbocycles. The van der Waals surface area contributed by atoms with Gasteiger partial charge in [-0.15, -0.1) is 11.3 Å². The lowest BCUT2D eigenvalue weighted by molar-refractivity contribution is 0.328. The molecule has 1 aliphatic rings. The number of ether oxygens (including phenoxy) is 2. The van der Waals surface area contributed by atoms with Crippen molar-refractivity contribution in [1.82, 2.24) is 9.97 Å². The molecule has 1 aromatic carbocycles. The van der Waals surface area contributed by atoms with Crippen molar-refractivity contribution >= 4 is 37.5 Å². The number of hydrogen-bond donors (Lipinski definition) is 1. The third-order valence-corrected chi connectivity index (χ3v) is 6.38. The normalized spacial score (nSPS) is 13.2. The van der Waals surface area contributed by atoms with Crippen LogP contribution in [0.25, 0.3) is 21.6 Å². The number of rotatable bonds is 4. The third kappa shape index (κ3) is 3.22. The van der Waals surface area contributed by atoms with Crippen LogP contribution >= 0.6 is 27.3 Å². The molecular formula is C19H16BrN3O3S. The Morgan fingerprint density at radius 2 is 2.19 bits per heavy atom. The van der Waals surface area contributed by atoms with Crippen LogP contribution < -0.4 is 15.0 Å². The third-order valence-electron chi connectivity index (χ3n) is 4.61. The summed E-state index contributed by atoms with van der Waals surface area (Å²) >= 11 is 5.07. The van der Waals surface area contributed by atoms with Gasteiger partial charge >= 0.3 is 0 Å². The minimum atomic E-state index is -0.103. The molecule has 3 aromatic rings. The van der Waals surface area contributed by atoms with E-state index in [-0.39, 0.29) is 12.2 Å². The van der Waals surface area contributed by atoms with Crippen molar-refractivity contribution in [2.45, 2.75) is 25.7 Å². The van der Waals surface area contributed by atoms with Crippen LogP contribution in [-0.2, 0) is 12.8 Å². The maximum Gasteiger partial charge on any atom is 0.260 e. The Morgan fingerprint density at radius 3 is 2.96 bits per heavy atom. The van der Waals surface area contributed by atoms with Crippen molar-refractivity contribution in [3.63, 3.8) is 0 Å². The average molecular weight is 446 g/mol. The lowest BCUT2D eigenvalue weighted by Gasteiger charge is -2.12. The number of aromatic amines is 1. The molecular weight excluding hydrogens is 430 g/mol. The molecule has 0 amide bonds. The number of thiophene rings is 1. The smallest absolute Gasteiger partial charge is 0.260 e. The number of aromatic nitrogens is 2. The minimum Gasteiger partial charge on any atom is -0.493 e. The van der Waals surface area contributed by atoms with Gasteiger partial charge in [-0.2, -0.15) is 5.26 Å². The zero-order chi connectivity index (χ0) is 19.0. The van der Waals surface area contributed by atoms with Gasteiger partial charge in [0.1, 0.15) is 16.7 Å². The summed E-state index contributed by atoms with van der Waals surface area (Å²) in [4.78, 5) is 22.4. The summed E-state index contributed by atoms with van der Waals surface area (Å²) in [6, 6.07) is 5.48. The molecule has 2 heterocycles. The molecule has 27 heavy (non-hydrogen) atoms. The maximum atomic E-state index is 12.8. The summed E-state index contributed by atoms with van der Waals surface area (Å²) in [6.07, 6.45) is 4.26. The van der Waals surface area contributed by atoms with Gasteiger partial charge in [-0.3, -0.25) is 4.79 Å². The molecule has 0 unspecified atom stereocenters. The monoisotopic (exact) mass is 445 g/mol. The number of halogens is 1. The molecule has 0 fully saturated rings. The summed E-state index contributed by atoms with van der Waals surface area (Å²) in [5.74, 6) is 1.39. The van der Waals surface area contributed by atoms with E-state index in [4.69, 9.17) is 19.7 Å². The lowest BCUT2D eigenvalue weighted by Crippen LogP contribution is -2.11. The van der Waals surface area contributed by atoms with Gasteiger partial charge in [0.15, 0.2) is 18.1 Å². The molecule has 0 spiro atoms. The van der Waals surface area contributed by atoms with Gasteiger partial charge in [0.25, 0.3) is 5.56 Å². The molecule has 0 atom stereocenters. The first-order chi connectivity index (χ1) is 13.1. The lowest BCUT2D eigenvalue weighted by atomic mass is 9.97. The van der Waals surface area contributed by atoms with Crippen molar-refractivity contribution < 1.29 is 9.47 Å². The molecule has 138 valence electrons. The molecule has 0 radical (unpaired) electrons. The fourth-order valence-electron chi connectivity index (χ4n) is 3.40. The Hall–Kier alpha value is -2.37. The SMILES string of the molecule is COc1cc(-c2nc3sc4c(c3c(=O)[nH]2)CCCC4)cc(Br)c1OCC#N. The fourth-order valence-corrected chi connectivity index (χ4v) is 5.22. The molecule has 4 rings (SSSR count). The van der Waals surface area contributed by atoms with Crippen LogP contribution in [0, 0.1) is 11.3 Å². The van der Waals surface area contributed by atoms with E-state index in [0.717, 1.165) is 29.5 Å². The van der Waals surface area contributed by atoms with E-state index in [0.29, 0.717) is 27.4 Å². The zero-order valence-corrected chi connectivity index (χ0v) is 17.0. The van der Waals surface area contributed by atoms with Crippen LogP contribution in [-0.4, -0.2) is 23.7 Å². The predicted molar refractivity (Wildman–Crippen MR) is 108 cm³/mol. The largest absolute Gasteiger partial charge is 0.493 e. The maximum absolute atomic E-state index is 12.8. The minimum absolute atomic E-state index is 0.0872. The topological polar surface area (TPSA) is 88.0 Å². The van der Waals surface area contributed by atoms with E-state index in [2.05, 4.69) is 20.9 Å². The van der Waals surface area contributed by atoms with Crippen molar-refractivity contribution in [2.24, 2.45) is 0 Å². The summed E-state index contributed by atoms with van der Waals surface area (Å²) in [7, 11) is 1.53. The predicted octanol–water partition coefficient (Wildman–Crippen LogP) is 4.20.